The number of nitrogens with zero attached hydrogens (tertiary/aromatic N) is 1. The van der Waals surface area contributed by atoms with E-state index in [1.54, 1.807) is 13.8 Å². The van der Waals surface area contributed by atoms with Crippen molar-refractivity contribution in [1.82, 2.24) is 5.23 Å². The molecule has 0 fully saturated rings. The van der Waals surface area contributed by atoms with Crippen LogP contribution in [0.5, 0.6) is 0 Å². The topological polar surface area (TPSA) is 81.0 Å². The molecule has 5 heteroatoms. The average molecular weight is 163 g/mol. The van der Waals surface area contributed by atoms with Gasteiger partial charge >= 0.3 is 5.97 Å². The SMILES string of the molecule is CCC(C)C(C(=O)O)N(O)O. The Morgan fingerprint density at radius 2 is 2.00 bits per heavy atom. The van der Waals surface area contributed by atoms with Crippen LogP contribution in [0.25, 0.3) is 0 Å². The summed E-state index contributed by atoms with van der Waals surface area (Å²) in [7, 11) is 0. The first-order chi connectivity index (χ1) is 5.00. The Balaban J connectivity index is 4.21. The van der Waals surface area contributed by atoms with Crippen molar-refractivity contribution in [3.8, 4) is 0 Å². The molecule has 3 N–H and O–H groups in total. The van der Waals surface area contributed by atoms with Crippen molar-refractivity contribution in [2.45, 2.75) is 26.3 Å². The predicted molar refractivity (Wildman–Crippen MR) is 36.3 cm³/mol. The summed E-state index contributed by atoms with van der Waals surface area (Å²) >= 11 is 0. The number of carbonyl (C=O) groups is 1. The smallest absolute Gasteiger partial charge is 0.326 e. The summed E-state index contributed by atoms with van der Waals surface area (Å²) in [6.45, 7) is 3.42. The van der Waals surface area contributed by atoms with Crippen LogP contribution in [0.2, 0.25) is 0 Å². The minimum atomic E-state index is -1.24. The lowest BCUT2D eigenvalue weighted by molar-refractivity contribution is -0.333. The molecule has 2 atom stereocenters. The minimum Gasteiger partial charge on any atom is -0.480 e. The summed E-state index contributed by atoms with van der Waals surface area (Å²) in [6.07, 6.45) is 0.578. The Labute approximate surface area is 64.8 Å². The molecule has 2 unspecified atom stereocenters. The van der Waals surface area contributed by atoms with Gasteiger partial charge in [-0.25, -0.2) is 0 Å². The molecule has 0 aromatic carbocycles. The molecule has 11 heavy (non-hydrogen) atoms. The Bertz CT molecular complexity index is 137. The molecule has 0 aliphatic rings. The van der Waals surface area contributed by atoms with Crippen LogP contribution in [0.4, 0.5) is 0 Å². The van der Waals surface area contributed by atoms with E-state index in [1.165, 1.54) is 0 Å². The van der Waals surface area contributed by atoms with Gasteiger partial charge in [0.15, 0.2) is 6.04 Å². The third-order valence-electron chi connectivity index (χ3n) is 1.68. The Morgan fingerprint density at radius 1 is 1.55 bits per heavy atom. The van der Waals surface area contributed by atoms with E-state index < -0.39 is 12.0 Å². The van der Waals surface area contributed by atoms with Gasteiger partial charge in [-0.2, -0.15) is 0 Å². The molecule has 0 aliphatic carbocycles. The van der Waals surface area contributed by atoms with Crippen molar-refractivity contribution in [3.63, 3.8) is 0 Å². The molecular weight excluding hydrogens is 150 g/mol. The van der Waals surface area contributed by atoms with Crippen LogP contribution in [0.3, 0.4) is 0 Å². The van der Waals surface area contributed by atoms with E-state index >= 15 is 0 Å². The largest absolute Gasteiger partial charge is 0.480 e. The van der Waals surface area contributed by atoms with Crippen LogP contribution < -0.4 is 0 Å². The van der Waals surface area contributed by atoms with Crippen molar-refractivity contribution in [1.29, 1.82) is 0 Å². The van der Waals surface area contributed by atoms with Crippen LogP contribution in [-0.2, 0) is 4.79 Å². The van der Waals surface area contributed by atoms with Gasteiger partial charge in [0.2, 0.25) is 0 Å². The second-order valence-electron chi connectivity index (χ2n) is 2.49. The molecule has 0 amide bonds. The first kappa shape index (κ1) is 10.3. The van der Waals surface area contributed by atoms with E-state index in [1.807, 2.05) is 0 Å². The van der Waals surface area contributed by atoms with E-state index in [0.29, 0.717) is 6.42 Å². The first-order valence-electron chi connectivity index (χ1n) is 3.40. The molecule has 0 aliphatic heterocycles. The standard InChI is InChI=1S/C6H13NO4/c1-3-4(2)5(6(8)9)7(10)11/h4-5,10-11H,3H2,1-2H3,(H,8,9). The van der Waals surface area contributed by atoms with Gasteiger partial charge in [-0.15, -0.1) is 0 Å². The maximum absolute atomic E-state index is 10.4. The van der Waals surface area contributed by atoms with E-state index in [4.69, 9.17) is 15.5 Å². The highest BCUT2D eigenvalue weighted by molar-refractivity contribution is 5.73. The monoisotopic (exact) mass is 163 g/mol. The Morgan fingerprint density at radius 3 is 2.09 bits per heavy atom. The highest BCUT2D eigenvalue weighted by Gasteiger charge is 2.28. The van der Waals surface area contributed by atoms with Crippen molar-refractivity contribution in [2.24, 2.45) is 5.92 Å². The van der Waals surface area contributed by atoms with Crippen LogP contribution in [0.1, 0.15) is 20.3 Å². The van der Waals surface area contributed by atoms with Gasteiger partial charge < -0.3 is 5.11 Å². The maximum atomic E-state index is 10.4. The van der Waals surface area contributed by atoms with Gasteiger partial charge in [-0.3, -0.25) is 15.2 Å². The van der Waals surface area contributed by atoms with Crippen LogP contribution in [0, 0.1) is 5.92 Å². The van der Waals surface area contributed by atoms with Crippen molar-refractivity contribution in [2.75, 3.05) is 0 Å². The lowest BCUT2D eigenvalue weighted by Gasteiger charge is -2.21. The van der Waals surface area contributed by atoms with E-state index in [2.05, 4.69) is 0 Å². The number of carboxylic acids is 1. The molecule has 0 spiro atoms. The number of rotatable bonds is 4. The third kappa shape index (κ3) is 2.83. The molecule has 0 aromatic rings. The summed E-state index contributed by atoms with van der Waals surface area (Å²) < 4.78 is 0. The molecule has 66 valence electrons. The number of hydrogen-bond donors (Lipinski definition) is 3. The molecule has 0 saturated heterocycles. The summed E-state index contributed by atoms with van der Waals surface area (Å²) in [5.74, 6) is -1.52. The predicted octanol–water partition coefficient (Wildman–Crippen LogP) is 0.566. The fraction of sp³-hybridized carbons (Fsp3) is 0.833. The minimum absolute atomic E-state index is 0.253. The van der Waals surface area contributed by atoms with Gasteiger partial charge in [0.05, 0.1) is 0 Å². The fourth-order valence-electron chi connectivity index (χ4n) is 0.793. The molecule has 0 radical (unpaired) electrons. The van der Waals surface area contributed by atoms with Crippen molar-refractivity contribution < 1.29 is 20.3 Å². The van der Waals surface area contributed by atoms with Gasteiger partial charge in [-0.1, -0.05) is 25.5 Å². The molecule has 5 nitrogen and oxygen atoms in total. The lowest BCUT2D eigenvalue weighted by Crippen LogP contribution is -2.41. The number of hydroxylamine groups is 2. The lowest BCUT2D eigenvalue weighted by atomic mass is 10.0. The van der Waals surface area contributed by atoms with Gasteiger partial charge in [0.25, 0.3) is 0 Å². The zero-order valence-corrected chi connectivity index (χ0v) is 6.56. The summed E-state index contributed by atoms with van der Waals surface area (Å²) in [4.78, 5) is 10.4. The van der Waals surface area contributed by atoms with Gasteiger partial charge in [0.1, 0.15) is 0 Å². The summed E-state index contributed by atoms with van der Waals surface area (Å²) in [5, 5.41) is 25.2. The van der Waals surface area contributed by atoms with Crippen LogP contribution >= 0.6 is 0 Å². The van der Waals surface area contributed by atoms with Crippen LogP contribution in [0.15, 0.2) is 0 Å². The van der Waals surface area contributed by atoms with Crippen LogP contribution in [-0.4, -0.2) is 32.8 Å². The molecule has 0 aromatic heterocycles. The van der Waals surface area contributed by atoms with Gasteiger partial charge in [-0.05, 0) is 5.92 Å². The molecule has 0 bridgehead atoms. The number of carboxylic acid groups (broad SMARTS) is 1. The highest BCUT2D eigenvalue weighted by atomic mass is 16.8. The van der Waals surface area contributed by atoms with E-state index in [0.717, 1.165) is 0 Å². The molecule has 0 rings (SSSR count). The quantitative estimate of drug-likeness (QED) is 0.528. The summed E-state index contributed by atoms with van der Waals surface area (Å²) in [6, 6.07) is -1.24. The number of hydrogen-bond acceptors (Lipinski definition) is 4. The Hall–Kier alpha value is -0.650. The van der Waals surface area contributed by atoms with Crippen molar-refractivity contribution >= 4 is 5.97 Å². The Kier molecular flexibility index (Phi) is 4.02. The molecule has 0 heterocycles. The third-order valence-corrected chi connectivity index (χ3v) is 1.68. The number of aliphatic carboxylic acids is 1. The first-order valence-corrected chi connectivity index (χ1v) is 3.40. The summed E-state index contributed by atoms with van der Waals surface area (Å²) in [5.41, 5.74) is 0. The highest BCUT2D eigenvalue weighted by Crippen LogP contribution is 2.11. The molecule has 0 saturated carbocycles. The maximum Gasteiger partial charge on any atom is 0.326 e. The van der Waals surface area contributed by atoms with Crippen molar-refractivity contribution in [3.05, 3.63) is 0 Å². The molecular formula is C6H13NO4. The average Bonchev–Trinajstić information content (AvgIpc) is 1.85. The zero-order valence-electron chi connectivity index (χ0n) is 6.56. The second-order valence-corrected chi connectivity index (χ2v) is 2.49. The zero-order chi connectivity index (χ0) is 9.02. The van der Waals surface area contributed by atoms with Gasteiger partial charge in [0, 0.05) is 0 Å². The van der Waals surface area contributed by atoms with E-state index in [9.17, 15) is 4.79 Å². The van der Waals surface area contributed by atoms with E-state index in [-0.39, 0.29) is 11.1 Å². The normalized spacial score (nSPS) is 16.5. The fourth-order valence-corrected chi connectivity index (χ4v) is 0.793. The second kappa shape index (κ2) is 4.27.